The van der Waals surface area contributed by atoms with Crippen LogP contribution in [0.15, 0.2) is 46.1 Å². The van der Waals surface area contributed by atoms with Crippen molar-refractivity contribution in [1.29, 1.82) is 0 Å². The third kappa shape index (κ3) is 3.66. The van der Waals surface area contributed by atoms with Crippen LogP contribution in [-0.2, 0) is 11.8 Å². The molecule has 21 heavy (non-hydrogen) atoms. The van der Waals surface area contributed by atoms with Crippen LogP contribution in [0.4, 0.5) is 0 Å². The van der Waals surface area contributed by atoms with Gasteiger partial charge in [0.15, 0.2) is 0 Å². The second-order valence-electron chi connectivity index (χ2n) is 7.90. The third-order valence-corrected chi connectivity index (χ3v) is 9.19. The highest BCUT2D eigenvalue weighted by atomic mass is 32.9. The zero-order chi connectivity index (χ0) is 16.1. The Hall–Kier alpha value is -0.0400. The van der Waals surface area contributed by atoms with Crippen molar-refractivity contribution in [3.63, 3.8) is 0 Å². The van der Waals surface area contributed by atoms with Crippen molar-refractivity contribution >= 4 is 29.3 Å². The lowest BCUT2D eigenvalue weighted by Gasteiger charge is -2.34. The molecule has 0 N–H and O–H groups in total. The van der Waals surface area contributed by atoms with Crippen molar-refractivity contribution in [2.45, 2.75) is 54.4 Å². The van der Waals surface area contributed by atoms with Crippen LogP contribution in [0, 0.1) is 10.8 Å². The number of hydrogen-bond acceptors (Lipinski definition) is 1. The molecule has 2 aliphatic rings. The normalized spacial score (nSPS) is 24.7. The maximum atomic E-state index is 6.04. The van der Waals surface area contributed by atoms with Gasteiger partial charge in [-0.05, 0) is 48.1 Å². The molecule has 0 nitrogen and oxygen atoms in total. The summed E-state index contributed by atoms with van der Waals surface area (Å²) in [7, 11) is 0. The number of hydrogen-bond donors (Lipinski definition) is 1. The van der Waals surface area contributed by atoms with E-state index in [1.165, 1.54) is 21.8 Å². The minimum Gasteiger partial charge on any atom is -0.133 e. The average Bonchev–Trinajstić information content (AvgIpc) is 2.24. The summed E-state index contributed by atoms with van der Waals surface area (Å²) in [5, 5.41) is 0.654. The molecule has 0 fully saturated rings. The minimum atomic E-state index is -1.95. The Morgan fingerprint density at radius 2 is 1.24 bits per heavy atom. The Bertz CT molecular complexity index is 576. The molecular weight excluding hydrogens is 311 g/mol. The van der Waals surface area contributed by atoms with E-state index in [2.05, 4.69) is 65.8 Å². The van der Waals surface area contributed by atoms with Crippen molar-refractivity contribution in [3.8, 4) is 0 Å². The summed E-state index contributed by atoms with van der Waals surface area (Å²) in [6.45, 7) is 13.6. The number of allylic oxidation sites excluding steroid dienone is 8. The van der Waals surface area contributed by atoms with Gasteiger partial charge in [0, 0.05) is 0 Å². The Balaban J connectivity index is 2.44. The molecule has 0 heterocycles. The molecule has 0 aromatic rings. The summed E-state index contributed by atoms with van der Waals surface area (Å²) in [6, 6.07) is 0. The van der Waals surface area contributed by atoms with E-state index in [-0.39, 0.29) is 10.8 Å². The summed E-state index contributed by atoms with van der Waals surface area (Å²) >= 11 is 11.1. The van der Waals surface area contributed by atoms with Gasteiger partial charge in [-0.1, -0.05) is 75.0 Å². The molecular formula is C18H27PS2. The lowest BCUT2D eigenvalue weighted by molar-refractivity contribution is 0.469. The minimum absolute atomic E-state index is 0.241. The molecule has 3 heteroatoms. The lowest BCUT2D eigenvalue weighted by Crippen LogP contribution is -2.14. The summed E-state index contributed by atoms with van der Waals surface area (Å²) in [5.41, 5.74) is 3.31. The van der Waals surface area contributed by atoms with Crippen LogP contribution in [0.3, 0.4) is 0 Å². The van der Waals surface area contributed by atoms with Gasteiger partial charge in [0.1, 0.15) is 0 Å². The van der Waals surface area contributed by atoms with E-state index in [1.807, 2.05) is 0 Å². The lowest BCUT2D eigenvalue weighted by atomic mass is 9.82. The maximum Gasteiger partial charge on any atom is 0.0582 e. The van der Waals surface area contributed by atoms with Gasteiger partial charge in [-0.2, -0.15) is 0 Å². The molecule has 0 bridgehead atoms. The van der Waals surface area contributed by atoms with Crippen molar-refractivity contribution in [2.75, 3.05) is 0 Å². The SMILES string of the molecule is CC1=C(P(=S)(S)C2=C(C)CC(C)(C)C=C2)C=CC(C)(C)C1. The highest BCUT2D eigenvalue weighted by molar-refractivity contribution is 8.66. The number of rotatable bonds is 2. The van der Waals surface area contributed by atoms with Crippen LogP contribution in [0.1, 0.15) is 54.4 Å². The molecule has 116 valence electrons. The van der Waals surface area contributed by atoms with E-state index in [1.54, 1.807) is 0 Å². The van der Waals surface area contributed by atoms with Crippen molar-refractivity contribution in [1.82, 2.24) is 0 Å². The molecule has 2 rings (SSSR count). The highest BCUT2D eigenvalue weighted by Crippen LogP contribution is 2.70. The van der Waals surface area contributed by atoms with Gasteiger partial charge in [0.2, 0.25) is 0 Å². The Morgan fingerprint density at radius 3 is 1.52 bits per heavy atom. The molecule has 0 unspecified atom stereocenters. The van der Waals surface area contributed by atoms with Crippen molar-refractivity contribution in [3.05, 3.63) is 46.1 Å². The van der Waals surface area contributed by atoms with Crippen molar-refractivity contribution in [2.24, 2.45) is 10.8 Å². The first kappa shape index (κ1) is 17.3. The first-order valence-corrected chi connectivity index (χ1v) is 11.5. The van der Waals surface area contributed by atoms with E-state index < -0.39 is 5.24 Å². The largest absolute Gasteiger partial charge is 0.133 e. The van der Waals surface area contributed by atoms with Crippen LogP contribution in [0.2, 0.25) is 0 Å². The molecule has 0 aromatic heterocycles. The number of thiol groups is 1. The van der Waals surface area contributed by atoms with Crippen molar-refractivity contribution < 1.29 is 0 Å². The van der Waals surface area contributed by atoms with Gasteiger partial charge in [-0.15, -0.1) is 12.2 Å². The quantitative estimate of drug-likeness (QED) is 0.425. The fourth-order valence-corrected chi connectivity index (χ4v) is 8.14. The van der Waals surface area contributed by atoms with E-state index in [0.29, 0.717) is 0 Å². The van der Waals surface area contributed by atoms with E-state index >= 15 is 0 Å². The van der Waals surface area contributed by atoms with Gasteiger partial charge in [-0.25, -0.2) is 0 Å². The predicted molar refractivity (Wildman–Crippen MR) is 104 cm³/mol. The molecule has 0 saturated heterocycles. The zero-order valence-electron chi connectivity index (χ0n) is 14.0. The van der Waals surface area contributed by atoms with E-state index in [0.717, 1.165) is 12.8 Å². The average molecular weight is 339 g/mol. The first-order chi connectivity index (χ1) is 9.45. The fourth-order valence-electron chi connectivity index (χ4n) is 3.41. The van der Waals surface area contributed by atoms with Crippen LogP contribution in [0.5, 0.6) is 0 Å². The van der Waals surface area contributed by atoms with E-state index in [9.17, 15) is 0 Å². The second-order valence-corrected chi connectivity index (χ2v) is 14.3. The summed E-state index contributed by atoms with van der Waals surface area (Å²) in [5.74, 6) is 0. The predicted octanol–water partition coefficient (Wildman–Crippen LogP) is 6.83. The Morgan fingerprint density at radius 1 is 0.905 bits per heavy atom. The molecule has 0 saturated carbocycles. The Labute approximate surface area is 140 Å². The highest BCUT2D eigenvalue weighted by Gasteiger charge is 2.31. The molecule has 2 aliphatic carbocycles. The standard InChI is InChI=1S/C18H27PS2/c1-13-11-17(3,4)9-7-15(13)19(20,21)16-8-10-18(5,6)12-14(16)2/h7-10H,11-12H2,1-6H3,(H,20,21). The molecule has 0 aliphatic heterocycles. The third-order valence-electron chi connectivity index (χ3n) is 4.35. The van der Waals surface area contributed by atoms with Gasteiger partial charge in [0.25, 0.3) is 0 Å². The van der Waals surface area contributed by atoms with Crippen LogP contribution in [-0.4, -0.2) is 0 Å². The second kappa shape index (κ2) is 5.55. The summed E-state index contributed by atoms with van der Waals surface area (Å²) in [6.07, 6.45) is 11.3. The zero-order valence-corrected chi connectivity index (χ0v) is 16.6. The summed E-state index contributed by atoms with van der Waals surface area (Å²) < 4.78 is 0. The van der Waals surface area contributed by atoms with Crippen LogP contribution >= 0.6 is 17.5 Å². The molecule has 0 spiro atoms. The van der Waals surface area contributed by atoms with Gasteiger partial charge < -0.3 is 0 Å². The topological polar surface area (TPSA) is 0 Å². The smallest absolute Gasteiger partial charge is 0.0582 e. The monoisotopic (exact) mass is 338 g/mol. The molecule has 0 aromatic carbocycles. The van der Waals surface area contributed by atoms with Gasteiger partial charge in [0.05, 0.1) is 5.24 Å². The van der Waals surface area contributed by atoms with Crippen LogP contribution in [0.25, 0.3) is 0 Å². The Kier molecular flexibility index (Phi) is 4.58. The van der Waals surface area contributed by atoms with Gasteiger partial charge in [-0.3, -0.25) is 0 Å². The molecule has 0 atom stereocenters. The van der Waals surface area contributed by atoms with E-state index in [4.69, 9.17) is 24.1 Å². The summed E-state index contributed by atoms with van der Waals surface area (Å²) in [4.78, 5) is 0. The first-order valence-electron chi connectivity index (χ1n) is 7.57. The maximum absolute atomic E-state index is 6.04. The fraction of sp³-hybridized carbons (Fsp3) is 0.556. The van der Waals surface area contributed by atoms with Crippen LogP contribution < -0.4 is 0 Å². The molecule has 0 amide bonds. The molecule has 0 radical (unpaired) electrons. The van der Waals surface area contributed by atoms with Gasteiger partial charge >= 0.3 is 0 Å².